The van der Waals surface area contributed by atoms with E-state index in [4.69, 9.17) is 5.11 Å². The summed E-state index contributed by atoms with van der Waals surface area (Å²) in [7, 11) is -3.79. The van der Waals surface area contributed by atoms with Crippen LogP contribution in [-0.2, 0) is 19.1 Å². The summed E-state index contributed by atoms with van der Waals surface area (Å²) in [6.07, 6.45) is 0.504. The predicted molar refractivity (Wildman–Crippen MR) is 117 cm³/mol. The topological polar surface area (TPSA) is 187 Å². The second kappa shape index (κ2) is 12.5. The molecule has 32 heavy (non-hydrogen) atoms. The van der Waals surface area contributed by atoms with Crippen LogP contribution in [0.15, 0.2) is 12.1 Å². The number of non-ortho nitro benzene ring substituents is 1. The fourth-order valence-electron chi connectivity index (χ4n) is 2.79. The molecule has 1 rings (SSSR count). The van der Waals surface area contributed by atoms with Crippen LogP contribution in [0.25, 0.3) is 0 Å². The molecule has 0 saturated carbocycles. The van der Waals surface area contributed by atoms with E-state index in [0.717, 1.165) is 18.4 Å². The van der Waals surface area contributed by atoms with Crippen LogP contribution in [0.2, 0.25) is 0 Å². The van der Waals surface area contributed by atoms with Gasteiger partial charge in [0.1, 0.15) is 12.3 Å². The van der Waals surface area contributed by atoms with Crippen LogP contribution in [0.3, 0.4) is 0 Å². The van der Waals surface area contributed by atoms with Crippen molar-refractivity contribution in [2.24, 2.45) is 0 Å². The van der Waals surface area contributed by atoms with Crippen LogP contribution in [0.4, 0.5) is 17.1 Å². The summed E-state index contributed by atoms with van der Waals surface area (Å²) in [5.41, 5.74) is -1.88. The molecule has 178 valence electrons. The van der Waals surface area contributed by atoms with Gasteiger partial charge in [-0.2, -0.15) is 8.42 Å². The largest absolute Gasteiger partial charge is 0.389 e. The first-order chi connectivity index (χ1) is 14.9. The quantitative estimate of drug-likeness (QED) is 0.112. The maximum atomic E-state index is 12.8. The highest BCUT2D eigenvalue weighted by Crippen LogP contribution is 2.37. The van der Waals surface area contributed by atoms with E-state index in [2.05, 4.69) is 20.1 Å². The van der Waals surface area contributed by atoms with Crippen molar-refractivity contribution in [2.45, 2.75) is 19.3 Å². The van der Waals surface area contributed by atoms with E-state index in [-0.39, 0.29) is 55.5 Å². The molecule has 0 aromatic heterocycles. The molecule has 0 atom stereocenters. The molecule has 0 radical (unpaired) electrons. The first kappa shape index (κ1) is 27.5. The van der Waals surface area contributed by atoms with Gasteiger partial charge < -0.3 is 10.0 Å². The van der Waals surface area contributed by atoms with E-state index in [1.807, 2.05) is 0 Å². The van der Waals surface area contributed by atoms with Gasteiger partial charge >= 0.3 is 0 Å². The van der Waals surface area contributed by atoms with Crippen molar-refractivity contribution in [3.63, 3.8) is 0 Å². The van der Waals surface area contributed by atoms with Crippen LogP contribution in [0.1, 0.15) is 29.6 Å². The highest BCUT2D eigenvalue weighted by Gasteiger charge is 2.30. The van der Waals surface area contributed by atoms with Crippen LogP contribution in [0.5, 0.6) is 0 Å². The average molecular weight is 540 g/mol. The number of aliphatic hydroxyl groups excluding tert-OH is 1. The molecule has 0 fully saturated rings. The minimum atomic E-state index is -3.79. The fourth-order valence-corrected chi connectivity index (χ4v) is 3.60. The standard InChI is InChI=1S/C17H22BrN3O10S/c1-32(29,30)31-8-7-19(6-5-18)17-14(16(24)4-2-3-13(23)11-22)9-12(20(25)26)10-15(17)21(27)28/h9-10,22H,2-8,11H2,1H3. The highest BCUT2D eigenvalue weighted by atomic mass is 79.9. The van der Waals surface area contributed by atoms with Gasteiger partial charge in [-0.25, -0.2) is 0 Å². The molecular formula is C17H22BrN3O10S. The van der Waals surface area contributed by atoms with Crippen molar-refractivity contribution in [3.05, 3.63) is 37.9 Å². The van der Waals surface area contributed by atoms with Crippen molar-refractivity contribution in [1.82, 2.24) is 0 Å². The molecule has 0 amide bonds. The highest BCUT2D eigenvalue weighted by molar-refractivity contribution is 9.09. The van der Waals surface area contributed by atoms with E-state index < -0.39 is 49.5 Å². The third-order valence-corrected chi connectivity index (χ3v) is 5.10. The fraction of sp³-hybridized carbons (Fsp3) is 0.529. The lowest BCUT2D eigenvalue weighted by atomic mass is 10.00. The smallest absolute Gasteiger partial charge is 0.300 e. The van der Waals surface area contributed by atoms with E-state index in [1.165, 1.54) is 4.90 Å². The number of nitro groups is 2. The van der Waals surface area contributed by atoms with Gasteiger partial charge in [-0.1, -0.05) is 15.9 Å². The molecule has 1 aromatic carbocycles. The predicted octanol–water partition coefficient (Wildman–Crippen LogP) is 1.59. The Morgan fingerprint density at radius 1 is 1.16 bits per heavy atom. The third-order valence-electron chi connectivity index (χ3n) is 4.15. The number of carbonyl (C=O) groups excluding carboxylic acids is 2. The van der Waals surface area contributed by atoms with Crippen molar-refractivity contribution in [2.75, 3.05) is 42.8 Å². The van der Waals surface area contributed by atoms with Crippen molar-refractivity contribution in [1.29, 1.82) is 0 Å². The zero-order valence-electron chi connectivity index (χ0n) is 17.1. The van der Waals surface area contributed by atoms with Crippen LogP contribution >= 0.6 is 15.9 Å². The molecule has 1 aromatic rings. The zero-order chi connectivity index (χ0) is 24.5. The number of Topliss-reactive ketones (excluding diaryl/α,β-unsaturated/α-hetero) is 2. The van der Waals surface area contributed by atoms with Gasteiger partial charge in [-0.05, 0) is 6.42 Å². The number of benzene rings is 1. The number of carbonyl (C=O) groups is 2. The molecule has 0 spiro atoms. The van der Waals surface area contributed by atoms with E-state index in [0.29, 0.717) is 0 Å². The number of nitrogens with zero attached hydrogens (tertiary/aromatic N) is 3. The molecule has 0 bridgehead atoms. The molecule has 1 N–H and O–H groups in total. The lowest BCUT2D eigenvalue weighted by Crippen LogP contribution is -2.32. The number of alkyl halides is 1. The van der Waals surface area contributed by atoms with Crippen LogP contribution < -0.4 is 4.90 Å². The number of hydrogen-bond donors (Lipinski definition) is 1. The lowest BCUT2D eigenvalue weighted by molar-refractivity contribution is -0.393. The number of aliphatic hydroxyl groups is 1. The third kappa shape index (κ3) is 8.57. The molecule has 0 unspecified atom stereocenters. The number of nitro benzene ring substituents is 2. The average Bonchev–Trinajstić information content (AvgIpc) is 2.70. The SMILES string of the molecule is CS(=O)(=O)OCCN(CCBr)c1c(C(=O)CCCC(=O)CO)cc([N+](=O)[O-])cc1[N+](=O)[O-]. The van der Waals surface area contributed by atoms with Crippen molar-refractivity contribution >= 4 is 54.7 Å². The van der Waals surface area contributed by atoms with Crippen molar-refractivity contribution < 1.29 is 37.1 Å². The van der Waals surface area contributed by atoms with E-state index in [9.17, 15) is 38.2 Å². The normalized spacial score (nSPS) is 11.2. The van der Waals surface area contributed by atoms with Crippen LogP contribution in [0, 0.1) is 20.2 Å². The Kier molecular flexibility index (Phi) is 10.8. The van der Waals surface area contributed by atoms with Gasteiger partial charge in [0.05, 0.1) is 34.3 Å². The maximum Gasteiger partial charge on any atom is 0.300 e. The Hall–Kier alpha value is -2.49. The Morgan fingerprint density at radius 3 is 2.31 bits per heavy atom. The number of ketones is 2. The summed E-state index contributed by atoms with van der Waals surface area (Å²) in [5.74, 6) is -1.18. The van der Waals surface area contributed by atoms with Gasteiger partial charge in [0.2, 0.25) is 0 Å². The molecule has 15 heteroatoms. The van der Waals surface area contributed by atoms with Gasteiger partial charge in [-0.3, -0.25) is 34.0 Å². The van der Waals surface area contributed by atoms with Gasteiger partial charge in [0.25, 0.3) is 21.5 Å². The Balaban J connectivity index is 3.48. The lowest BCUT2D eigenvalue weighted by Gasteiger charge is -2.25. The minimum Gasteiger partial charge on any atom is -0.389 e. The molecule has 13 nitrogen and oxygen atoms in total. The number of rotatable bonds is 15. The summed E-state index contributed by atoms with van der Waals surface area (Å²) in [6, 6.07) is 1.64. The molecular weight excluding hydrogens is 518 g/mol. The number of anilines is 1. The molecule has 0 aliphatic rings. The summed E-state index contributed by atoms with van der Waals surface area (Å²) in [6.45, 7) is -1.14. The second-order valence-electron chi connectivity index (χ2n) is 6.55. The summed E-state index contributed by atoms with van der Waals surface area (Å²) in [5, 5.41) is 32.0. The Labute approximate surface area is 191 Å². The summed E-state index contributed by atoms with van der Waals surface area (Å²) in [4.78, 5) is 46.7. The van der Waals surface area contributed by atoms with Crippen LogP contribution in [-0.4, -0.2) is 72.8 Å². The summed E-state index contributed by atoms with van der Waals surface area (Å²) >= 11 is 3.18. The van der Waals surface area contributed by atoms with Crippen molar-refractivity contribution in [3.8, 4) is 0 Å². The molecule has 0 heterocycles. The van der Waals surface area contributed by atoms with Gasteiger partial charge in [0.15, 0.2) is 11.6 Å². The maximum absolute atomic E-state index is 12.8. The monoisotopic (exact) mass is 539 g/mol. The second-order valence-corrected chi connectivity index (χ2v) is 8.99. The summed E-state index contributed by atoms with van der Waals surface area (Å²) < 4.78 is 27.2. The number of halogens is 1. The molecule has 0 saturated heterocycles. The Morgan fingerprint density at radius 2 is 1.81 bits per heavy atom. The minimum absolute atomic E-state index is 0.0315. The zero-order valence-corrected chi connectivity index (χ0v) is 19.5. The first-order valence-corrected chi connectivity index (χ1v) is 12.1. The first-order valence-electron chi connectivity index (χ1n) is 9.19. The molecule has 0 aliphatic carbocycles. The van der Waals surface area contributed by atoms with E-state index in [1.54, 1.807) is 0 Å². The number of hydrogen-bond acceptors (Lipinski definition) is 11. The molecule has 0 aliphatic heterocycles. The van der Waals surface area contributed by atoms with E-state index >= 15 is 0 Å². The van der Waals surface area contributed by atoms with Gasteiger partial charge in [-0.15, -0.1) is 0 Å². The Bertz CT molecular complexity index is 983. The van der Waals surface area contributed by atoms with Gasteiger partial charge in [0, 0.05) is 37.3 Å².